The van der Waals surface area contributed by atoms with Gasteiger partial charge in [0.15, 0.2) is 17.5 Å². The molecule has 5 nitrogen and oxygen atoms in total. The Balaban J connectivity index is 1.24. The van der Waals surface area contributed by atoms with E-state index in [0.717, 1.165) is 48.9 Å². The lowest BCUT2D eigenvalue weighted by molar-refractivity contribution is 1.07. The maximum atomic E-state index is 4.89. The molecule has 6 heteroatoms. The lowest BCUT2D eigenvalue weighted by Gasteiger charge is -2.10. The maximum Gasteiger partial charge on any atom is 0.164 e. The number of nitrogens with zero attached hydrogens (tertiary/aromatic N) is 5. The molecule has 0 aliphatic carbocycles. The van der Waals surface area contributed by atoms with Crippen LogP contribution in [0.15, 0.2) is 128 Å². The first-order valence-corrected chi connectivity index (χ1v) is 14.2. The molecule has 0 spiro atoms. The van der Waals surface area contributed by atoms with Crippen molar-refractivity contribution in [2.24, 2.45) is 0 Å². The van der Waals surface area contributed by atoms with Crippen LogP contribution in [0.25, 0.3) is 76.5 Å². The van der Waals surface area contributed by atoms with E-state index in [1.54, 1.807) is 17.7 Å². The summed E-state index contributed by atoms with van der Waals surface area (Å²) in [6.45, 7) is 0. The van der Waals surface area contributed by atoms with Gasteiger partial charge in [0.05, 0.1) is 15.9 Å². The van der Waals surface area contributed by atoms with Crippen LogP contribution >= 0.6 is 11.3 Å². The van der Waals surface area contributed by atoms with Crippen molar-refractivity contribution in [3.8, 4) is 45.4 Å². The first kappa shape index (κ1) is 23.5. The molecular formula is C35H21N5S. The van der Waals surface area contributed by atoms with Gasteiger partial charge in [0, 0.05) is 32.3 Å². The number of thiophene rings is 1. The van der Waals surface area contributed by atoms with Crippen molar-refractivity contribution in [2.75, 3.05) is 0 Å². The van der Waals surface area contributed by atoms with Gasteiger partial charge in [-0.1, -0.05) is 103 Å². The van der Waals surface area contributed by atoms with Crippen LogP contribution in [-0.4, -0.2) is 24.9 Å². The number of aromatic nitrogens is 5. The van der Waals surface area contributed by atoms with Crippen LogP contribution in [0, 0.1) is 0 Å². The number of hydrogen-bond acceptors (Lipinski definition) is 6. The second-order valence-corrected chi connectivity index (χ2v) is 10.9. The highest BCUT2D eigenvalue weighted by atomic mass is 32.1. The van der Waals surface area contributed by atoms with Gasteiger partial charge in [0.2, 0.25) is 0 Å². The van der Waals surface area contributed by atoms with Gasteiger partial charge in [-0.15, -0.1) is 11.3 Å². The lowest BCUT2D eigenvalue weighted by atomic mass is 10.0. The zero-order chi connectivity index (χ0) is 27.2. The fourth-order valence-corrected chi connectivity index (χ4v) is 6.37. The second kappa shape index (κ2) is 9.70. The Kier molecular flexibility index (Phi) is 5.57. The molecule has 41 heavy (non-hydrogen) atoms. The number of benzene rings is 5. The summed E-state index contributed by atoms with van der Waals surface area (Å²) in [5.41, 5.74) is 5.88. The van der Waals surface area contributed by atoms with Crippen LogP contribution in [0.2, 0.25) is 0 Å². The van der Waals surface area contributed by atoms with E-state index >= 15 is 0 Å². The minimum Gasteiger partial charge on any atom is -0.235 e. The fraction of sp³-hybridized carbons (Fsp3) is 0. The van der Waals surface area contributed by atoms with Gasteiger partial charge in [-0.05, 0) is 29.0 Å². The van der Waals surface area contributed by atoms with Gasteiger partial charge in [-0.3, -0.25) is 0 Å². The van der Waals surface area contributed by atoms with Gasteiger partial charge in [0.25, 0.3) is 0 Å². The number of hydrogen-bond donors (Lipinski definition) is 0. The molecule has 0 radical (unpaired) electrons. The van der Waals surface area contributed by atoms with Crippen molar-refractivity contribution in [3.63, 3.8) is 0 Å². The van der Waals surface area contributed by atoms with Crippen LogP contribution in [0.3, 0.4) is 0 Å². The third-order valence-electron chi connectivity index (χ3n) is 7.23. The summed E-state index contributed by atoms with van der Waals surface area (Å²) in [7, 11) is 0. The Labute approximate surface area is 239 Å². The topological polar surface area (TPSA) is 64.5 Å². The number of rotatable bonds is 4. The molecular weight excluding hydrogens is 522 g/mol. The lowest BCUT2D eigenvalue weighted by Crippen LogP contribution is -2.00. The minimum atomic E-state index is 0.645. The Morgan fingerprint density at radius 2 is 1.02 bits per heavy atom. The van der Waals surface area contributed by atoms with E-state index in [2.05, 4.69) is 65.6 Å². The Morgan fingerprint density at radius 1 is 0.463 bits per heavy atom. The van der Waals surface area contributed by atoms with Gasteiger partial charge in [0.1, 0.15) is 6.33 Å². The molecule has 3 aromatic heterocycles. The predicted octanol–water partition coefficient (Wildman–Crippen LogP) is 8.85. The summed E-state index contributed by atoms with van der Waals surface area (Å²) >= 11 is 1.74. The molecule has 3 heterocycles. The smallest absolute Gasteiger partial charge is 0.164 e. The van der Waals surface area contributed by atoms with Crippen LogP contribution in [0.1, 0.15) is 0 Å². The summed E-state index contributed by atoms with van der Waals surface area (Å²) in [6, 6.07) is 41.3. The SMILES string of the molecule is c1ccc(-c2nc(-c3ccccc3)nc(-c3ccc4cc(-c5ncnc6c5sc5ccccc56)ccc4c3)n2)cc1. The molecule has 0 aliphatic rings. The van der Waals surface area contributed by atoms with Crippen molar-refractivity contribution in [2.45, 2.75) is 0 Å². The zero-order valence-corrected chi connectivity index (χ0v) is 22.6. The van der Waals surface area contributed by atoms with Crippen molar-refractivity contribution in [3.05, 3.63) is 128 Å². The van der Waals surface area contributed by atoms with Gasteiger partial charge in [-0.2, -0.15) is 0 Å². The van der Waals surface area contributed by atoms with Gasteiger partial charge >= 0.3 is 0 Å². The predicted molar refractivity (Wildman–Crippen MR) is 168 cm³/mol. The van der Waals surface area contributed by atoms with E-state index in [1.807, 2.05) is 60.7 Å². The normalized spacial score (nSPS) is 11.4. The van der Waals surface area contributed by atoms with Crippen LogP contribution < -0.4 is 0 Å². The van der Waals surface area contributed by atoms with Crippen molar-refractivity contribution >= 4 is 42.4 Å². The van der Waals surface area contributed by atoms with Crippen LogP contribution in [0.5, 0.6) is 0 Å². The van der Waals surface area contributed by atoms with Crippen molar-refractivity contribution in [1.29, 1.82) is 0 Å². The highest BCUT2D eigenvalue weighted by molar-refractivity contribution is 7.26. The molecule has 5 aromatic carbocycles. The Hall–Kier alpha value is -5.33. The van der Waals surface area contributed by atoms with Crippen molar-refractivity contribution < 1.29 is 0 Å². The molecule has 0 amide bonds. The largest absolute Gasteiger partial charge is 0.235 e. The highest BCUT2D eigenvalue weighted by Gasteiger charge is 2.15. The zero-order valence-electron chi connectivity index (χ0n) is 21.8. The van der Waals surface area contributed by atoms with Gasteiger partial charge < -0.3 is 0 Å². The molecule has 192 valence electrons. The summed E-state index contributed by atoms with van der Waals surface area (Å²) in [5.74, 6) is 1.95. The van der Waals surface area contributed by atoms with E-state index < -0.39 is 0 Å². The first-order valence-electron chi connectivity index (χ1n) is 13.3. The third kappa shape index (κ3) is 4.22. The van der Waals surface area contributed by atoms with Crippen LogP contribution in [0.4, 0.5) is 0 Å². The molecule has 8 aromatic rings. The standard InChI is InChI=1S/C35H21N5S/c1-3-9-22(10-4-1)33-38-34(23-11-5-2-6-12-23)40-35(39-33)27-18-16-24-19-26(17-15-25(24)20-27)30-32-31(37-21-36-30)28-13-7-8-14-29(28)41-32/h1-21H. The summed E-state index contributed by atoms with van der Waals surface area (Å²) in [4.78, 5) is 23.9. The number of fused-ring (bicyclic) bond motifs is 4. The molecule has 0 saturated carbocycles. The molecule has 0 saturated heterocycles. The molecule has 0 unspecified atom stereocenters. The second-order valence-electron chi connectivity index (χ2n) is 9.81. The molecule has 0 atom stereocenters. The summed E-state index contributed by atoms with van der Waals surface area (Å²) < 4.78 is 2.33. The fourth-order valence-electron chi connectivity index (χ4n) is 5.20. The Morgan fingerprint density at radius 3 is 1.71 bits per heavy atom. The van der Waals surface area contributed by atoms with Crippen molar-refractivity contribution in [1.82, 2.24) is 24.9 Å². The average Bonchev–Trinajstić information content (AvgIpc) is 3.44. The summed E-state index contributed by atoms with van der Waals surface area (Å²) in [5, 5.41) is 3.40. The third-order valence-corrected chi connectivity index (χ3v) is 8.40. The van der Waals surface area contributed by atoms with E-state index in [0.29, 0.717) is 17.5 Å². The van der Waals surface area contributed by atoms with E-state index in [1.165, 1.54) is 10.1 Å². The molecule has 8 rings (SSSR count). The maximum absolute atomic E-state index is 4.89. The van der Waals surface area contributed by atoms with Gasteiger partial charge in [-0.25, -0.2) is 24.9 Å². The molecule has 0 fully saturated rings. The molecule has 0 N–H and O–H groups in total. The molecule has 0 aliphatic heterocycles. The minimum absolute atomic E-state index is 0.645. The average molecular weight is 544 g/mol. The Bertz CT molecular complexity index is 2150. The molecule has 0 bridgehead atoms. The van der Waals surface area contributed by atoms with Crippen LogP contribution in [-0.2, 0) is 0 Å². The quantitative estimate of drug-likeness (QED) is 0.222. The first-order chi connectivity index (χ1) is 20.3. The monoisotopic (exact) mass is 543 g/mol. The van der Waals surface area contributed by atoms with E-state index in [9.17, 15) is 0 Å². The van der Waals surface area contributed by atoms with E-state index in [-0.39, 0.29) is 0 Å². The summed E-state index contributed by atoms with van der Waals surface area (Å²) in [6.07, 6.45) is 1.67. The van der Waals surface area contributed by atoms with E-state index in [4.69, 9.17) is 19.9 Å². The highest BCUT2D eigenvalue weighted by Crippen LogP contribution is 2.38.